The number of phenols is 2. The number of H-pyrrole nitrogens is 1. The summed E-state index contributed by atoms with van der Waals surface area (Å²) in [6, 6.07) is 7.36. The average Bonchev–Trinajstić information content (AvgIpc) is 3.03. The second-order valence-electron chi connectivity index (χ2n) is 7.51. The van der Waals surface area contributed by atoms with Gasteiger partial charge >= 0.3 is 5.69 Å². The number of nitrogens with zero attached hydrogens (tertiary/aromatic N) is 3. The van der Waals surface area contributed by atoms with Crippen LogP contribution in [0.2, 0.25) is 0 Å². The predicted octanol–water partition coefficient (Wildman–Crippen LogP) is 2.96. The van der Waals surface area contributed by atoms with Crippen LogP contribution in [-0.2, 0) is 10.0 Å². The van der Waals surface area contributed by atoms with Crippen LogP contribution in [0.3, 0.4) is 0 Å². The Kier molecular flexibility index (Phi) is 6.67. The molecule has 0 radical (unpaired) electrons. The van der Waals surface area contributed by atoms with Crippen LogP contribution in [-0.4, -0.2) is 51.8 Å². The van der Waals surface area contributed by atoms with Crippen LogP contribution in [0.1, 0.15) is 38.3 Å². The first kappa shape index (κ1) is 24.2. The van der Waals surface area contributed by atoms with Gasteiger partial charge in [0.05, 0.1) is 16.1 Å². The maximum absolute atomic E-state index is 12.7. The third-order valence-electron chi connectivity index (χ3n) is 4.87. The third kappa shape index (κ3) is 4.21. The van der Waals surface area contributed by atoms with E-state index < -0.39 is 15.7 Å². The highest BCUT2D eigenvalue weighted by molar-refractivity contribution is 7.89. The summed E-state index contributed by atoms with van der Waals surface area (Å²) >= 11 is 0. The molecule has 1 heterocycles. The van der Waals surface area contributed by atoms with Crippen LogP contribution in [0.15, 0.2) is 40.0 Å². The van der Waals surface area contributed by atoms with Crippen molar-refractivity contribution in [2.75, 3.05) is 14.1 Å². The zero-order valence-electron chi connectivity index (χ0n) is 17.3. The molecule has 3 aromatic rings. The number of hydrogen-bond donors (Lipinski definition) is 3. The summed E-state index contributed by atoms with van der Waals surface area (Å²) in [4.78, 5) is 12.6. The number of aromatic hydroxyl groups is 2. The first-order valence-electron chi connectivity index (χ1n) is 9.22. The Labute approximate surface area is 181 Å². The summed E-state index contributed by atoms with van der Waals surface area (Å²) in [5, 5.41) is 26.9. The van der Waals surface area contributed by atoms with Crippen LogP contribution in [0, 0.1) is 6.92 Å². The Morgan fingerprint density at radius 3 is 2.32 bits per heavy atom. The highest BCUT2D eigenvalue weighted by Gasteiger charge is 2.23. The van der Waals surface area contributed by atoms with Gasteiger partial charge in [-0.05, 0) is 42.2 Å². The van der Waals surface area contributed by atoms with E-state index in [4.69, 9.17) is 0 Å². The second-order valence-corrected chi connectivity index (χ2v) is 9.63. The molecule has 3 N–H and O–H groups in total. The molecule has 0 spiro atoms. The van der Waals surface area contributed by atoms with E-state index in [2.05, 4.69) is 10.2 Å². The summed E-state index contributed by atoms with van der Waals surface area (Å²) in [7, 11) is -0.880. The van der Waals surface area contributed by atoms with E-state index in [9.17, 15) is 23.4 Å². The summed E-state index contributed by atoms with van der Waals surface area (Å²) in [5.41, 5.74) is 1.01. The van der Waals surface area contributed by atoms with Gasteiger partial charge < -0.3 is 10.2 Å². The standard InChI is InChI=1S/C20H24N4O5S.CH4/c1-11(2)14-9-15(17(26)10-16(14)25)19-21-22-20(27)24(19)13-7-6-12(3)18(8-13)30(28,29)23(4)5;/h6-11,25-26H,1-5H3,(H,22,27);1H4. The maximum atomic E-state index is 12.7. The van der Waals surface area contributed by atoms with Crippen LogP contribution >= 0.6 is 0 Å². The molecule has 0 amide bonds. The Balaban J connectivity index is 0.00000341. The second kappa shape index (κ2) is 8.56. The van der Waals surface area contributed by atoms with Crippen molar-refractivity contribution in [2.24, 2.45) is 0 Å². The Morgan fingerprint density at radius 1 is 1.10 bits per heavy atom. The van der Waals surface area contributed by atoms with E-state index in [-0.39, 0.29) is 46.8 Å². The monoisotopic (exact) mass is 448 g/mol. The lowest BCUT2D eigenvalue weighted by Gasteiger charge is -2.16. The number of aryl methyl sites for hydroxylation is 1. The highest BCUT2D eigenvalue weighted by Crippen LogP contribution is 2.37. The number of phenolic OH excluding ortho intramolecular Hbond substituents is 2. The van der Waals surface area contributed by atoms with Crippen LogP contribution in [0.5, 0.6) is 11.5 Å². The molecule has 0 bridgehead atoms. The fourth-order valence-electron chi connectivity index (χ4n) is 3.16. The molecule has 0 atom stereocenters. The zero-order valence-corrected chi connectivity index (χ0v) is 18.1. The molecule has 168 valence electrons. The number of sulfonamides is 1. The SMILES string of the molecule is C.Cc1ccc(-n2c(-c3cc(C(C)C)c(O)cc3O)n[nH]c2=O)cc1S(=O)(=O)N(C)C. The predicted molar refractivity (Wildman–Crippen MR) is 119 cm³/mol. The van der Waals surface area contributed by atoms with E-state index >= 15 is 0 Å². The molecule has 0 saturated carbocycles. The number of rotatable bonds is 5. The fourth-order valence-corrected chi connectivity index (χ4v) is 4.29. The van der Waals surface area contributed by atoms with Gasteiger partial charge in [0.1, 0.15) is 11.5 Å². The largest absolute Gasteiger partial charge is 0.508 e. The molecule has 0 aliphatic carbocycles. The van der Waals surface area contributed by atoms with Crippen molar-refractivity contribution in [3.05, 3.63) is 51.9 Å². The van der Waals surface area contributed by atoms with Crippen molar-refractivity contribution in [2.45, 2.75) is 39.0 Å². The minimum atomic E-state index is -3.74. The molecule has 0 fully saturated rings. The molecule has 31 heavy (non-hydrogen) atoms. The summed E-state index contributed by atoms with van der Waals surface area (Å²) in [6.45, 7) is 5.43. The van der Waals surface area contributed by atoms with Gasteiger partial charge in [0.25, 0.3) is 0 Å². The van der Waals surface area contributed by atoms with E-state index in [1.165, 1.54) is 30.8 Å². The van der Waals surface area contributed by atoms with Gasteiger partial charge in [0.2, 0.25) is 10.0 Å². The van der Waals surface area contributed by atoms with Crippen molar-refractivity contribution in [3.63, 3.8) is 0 Å². The van der Waals surface area contributed by atoms with Gasteiger partial charge in [0, 0.05) is 20.2 Å². The smallest absolute Gasteiger partial charge is 0.348 e. The van der Waals surface area contributed by atoms with E-state index in [1.807, 2.05) is 13.8 Å². The number of hydrogen-bond acceptors (Lipinski definition) is 6. The molecule has 0 saturated heterocycles. The Bertz CT molecular complexity index is 1270. The van der Waals surface area contributed by atoms with Crippen molar-refractivity contribution in [1.29, 1.82) is 0 Å². The quantitative estimate of drug-likeness (QED) is 0.550. The molecule has 2 aromatic carbocycles. The molecule has 1 aromatic heterocycles. The lowest BCUT2D eigenvalue weighted by molar-refractivity contribution is 0.444. The van der Waals surface area contributed by atoms with E-state index in [0.29, 0.717) is 11.1 Å². The van der Waals surface area contributed by atoms with E-state index in [0.717, 1.165) is 4.31 Å². The number of nitrogens with one attached hydrogen (secondary N) is 1. The number of aromatic amines is 1. The van der Waals surface area contributed by atoms with Crippen molar-refractivity contribution in [3.8, 4) is 28.6 Å². The molecule has 10 heteroatoms. The Hall–Kier alpha value is -3.11. The molecule has 0 unspecified atom stereocenters. The topological polar surface area (TPSA) is 129 Å². The average molecular weight is 449 g/mol. The van der Waals surface area contributed by atoms with Crippen molar-refractivity contribution < 1.29 is 18.6 Å². The normalized spacial score (nSPS) is 11.7. The number of benzene rings is 2. The number of aromatic nitrogens is 3. The highest BCUT2D eigenvalue weighted by atomic mass is 32.2. The van der Waals surface area contributed by atoms with Gasteiger partial charge in [-0.2, -0.15) is 5.10 Å². The molecule has 3 rings (SSSR count). The fraction of sp³-hybridized carbons (Fsp3) is 0.333. The minimum absolute atomic E-state index is 0. The van der Waals surface area contributed by atoms with Crippen LogP contribution < -0.4 is 5.69 Å². The lowest BCUT2D eigenvalue weighted by atomic mass is 9.98. The third-order valence-corrected chi connectivity index (χ3v) is 6.83. The van der Waals surface area contributed by atoms with Crippen molar-refractivity contribution >= 4 is 10.0 Å². The molecule has 0 aliphatic heterocycles. The van der Waals surface area contributed by atoms with Gasteiger partial charge in [0.15, 0.2) is 5.82 Å². The molecular formula is C21H28N4O5S. The first-order chi connectivity index (χ1) is 13.9. The minimum Gasteiger partial charge on any atom is -0.508 e. The summed E-state index contributed by atoms with van der Waals surface area (Å²) in [6.07, 6.45) is 0. The summed E-state index contributed by atoms with van der Waals surface area (Å²) < 4.78 is 27.6. The Morgan fingerprint density at radius 2 is 1.74 bits per heavy atom. The lowest BCUT2D eigenvalue weighted by Crippen LogP contribution is -2.24. The molecule has 9 nitrogen and oxygen atoms in total. The zero-order chi connectivity index (χ0) is 22.4. The van der Waals surface area contributed by atoms with Gasteiger partial charge in [-0.25, -0.2) is 27.2 Å². The van der Waals surface area contributed by atoms with E-state index in [1.54, 1.807) is 25.1 Å². The van der Waals surface area contributed by atoms with Crippen LogP contribution in [0.25, 0.3) is 17.1 Å². The van der Waals surface area contributed by atoms with Gasteiger partial charge in [-0.1, -0.05) is 27.3 Å². The summed E-state index contributed by atoms with van der Waals surface area (Å²) in [5.74, 6) is -0.271. The van der Waals surface area contributed by atoms with Crippen LogP contribution in [0.4, 0.5) is 0 Å². The first-order valence-corrected chi connectivity index (χ1v) is 10.7. The van der Waals surface area contributed by atoms with Gasteiger partial charge in [-0.3, -0.25) is 0 Å². The molecular weight excluding hydrogens is 420 g/mol. The molecule has 0 aliphatic rings. The van der Waals surface area contributed by atoms with Gasteiger partial charge in [-0.15, -0.1) is 0 Å². The maximum Gasteiger partial charge on any atom is 0.348 e. The van der Waals surface area contributed by atoms with Crippen molar-refractivity contribution in [1.82, 2.24) is 19.1 Å².